The first-order valence-electron chi connectivity index (χ1n) is 10.8. The number of rotatable bonds is 2. The number of primary amides is 1. The average Bonchev–Trinajstić information content (AvgIpc) is 2.71. The lowest BCUT2D eigenvalue weighted by Crippen LogP contribution is -2.62. The zero-order chi connectivity index (χ0) is 24.8. The summed E-state index contributed by atoms with van der Waals surface area (Å²) in [5.74, 6) is -6.74. The highest BCUT2D eigenvalue weighted by Gasteiger charge is 2.65. The van der Waals surface area contributed by atoms with Gasteiger partial charge in [0.2, 0.25) is 5.78 Å². The highest BCUT2D eigenvalue weighted by molar-refractivity contribution is 6.24. The third-order valence-electron chi connectivity index (χ3n) is 7.60. The van der Waals surface area contributed by atoms with Crippen molar-refractivity contribution in [1.82, 2.24) is 0 Å². The summed E-state index contributed by atoms with van der Waals surface area (Å²) < 4.78 is 0. The van der Waals surface area contributed by atoms with Gasteiger partial charge in [0.15, 0.2) is 11.4 Å². The summed E-state index contributed by atoms with van der Waals surface area (Å²) in [6, 6.07) is 1.63. The van der Waals surface area contributed by atoms with E-state index >= 15 is 0 Å². The van der Waals surface area contributed by atoms with E-state index in [1.54, 1.807) is 6.07 Å². The fourth-order valence-electron chi connectivity index (χ4n) is 5.75. The monoisotopic (exact) mass is 456 g/mol. The smallest absolute Gasteiger partial charge is 0.255 e. The molecule has 3 atom stereocenters. The minimum Gasteiger partial charge on any atom is -0.511 e. The molecule has 1 aromatic carbocycles. The van der Waals surface area contributed by atoms with Gasteiger partial charge >= 0.3 is 0 Å². The maximum absolute atomic E-state index is 13.6. The van der Waals surface area contributed by atoms with Crippen LogP contribution in [0.3, 0.4) is 0 Å². The molecule has 0 saturated heterocycles. The molecule has 0 radical (unpaired) electrons. The van der Waals surface area contributed by atoms with Crippen molar-refractivity contribution in [2.24, 2.45) is 23.0 Å². The number of aromatic hydroxyl groups is 1. The van der Waals surface area contributed by atoms with E-state index in [1.165, 1.54) is 13.8 Å². The van der Waals surface area contributed by atoms with Crippen molar-refractivity contribution < 1.29 is 34.8 Å². The predicted molar refractivity (Wildman–Crippen MR) is 118 cm³/mol. The largest absolute Gasteiger partial charge is 0.511 e. The predicted octanol–water partition coefficient (Wildman–Crippen LogP) is 1.92. The third-order valence-corrected chi connectivity index (χ3v) is 7.60. The van der Waals surface area contributed by atoms with Crippen LogP contribution in [-0.4, -0.2) is 43.5 Å². The fraction of sp³-hybridized carbons (Fsp3) is 0.458. The summed E-state index contributed by atoms with van der Waals surface area (Å²) in [6.07, 6.45) is 0.226. The Morgan fingerprint density at radius 2 is 1.76 bits per heavy atom. The van der Waals surface area contributed by atoms with E-state index in [0.717, 1.165) is 0 Å². The standard InChI is InChI=1S/C24H28N2O7/c1-8(2)10-7-12(25)11-5-9-6-13-23(3,4)19(29)16(22(26)32)21(31)24(13,33)20(30)14(9)18(28)15(11)17(10)27/h7-9,13,27,29-30,33H,5-6,25H2,1-4H3,(H2,26,32)/t9-,13-,24-/m0/s1. The Balaban J connectivity index is 1.99. The second-order valence-electron chi connectivity index (χ2n) is 10.1. The summed E-state index contributed by atoms with van der Waals surface area (Å²) in [4.78, 5) is 38.7. The molecule has 4 rings (SSSR count). The number of aliphatic hydroxyl groups excluding tert-OH is 2. The van der Waals surface area contributed by atoms with Crippen molar-refractivity contribution in [3.05, 3.63) is 45.4 Å². The van der Waals surface area contributed by atoms with Crippen molar-refractivity contribution in [1.29, 1.82) is 0 Å². The molecule has 1 amide bonds. The number of carbonyl (C=O) groups excluding carboxylic acids is 3. The number of hydrogen-bond acceptors (Lipinski definition) is 8. The van der Waals surface area contributed by atoms with Gasteiger partial charge in [-0.2, -0.15) is 0 Å². The normalized spacial score (nSPS) is 28.5. The topological polar surface area (TPSA) is 184 Å². The van der Waals surface area contributed by atoms with Crippen LogP contribution in [0.1, 0.15) is 61.5 Å². The number of amides is 1. The Morgan fingerprint density at radius 3 is 2.30 bits per heavy atom. The van der Waals surface area contributed by atoms with Gasteiger partial charge in [0, 0.05) is 22.6 Å². The summed E-state index contributed by atoms with van der Waals surface area (Å²) in [6.45, 7) is 6.71. The number of aliphatic hydroxyl groups is 3. The summed E-state index contributed by atoms with van der Waals surface area (Å²) in [7, 11) is 0. The number of Topliss-reactive ketones (excluding diaryl/α,β-unsaturated/α-hetero) is 2. The van der Waals surface area contributed by atoms with Crippen molar-refractivity contribution in [3.63, 3.8) is 0 Å². The van der Waals surface area contributed by atoms with Crippen molar-refractivity contribution in [2.45, 2.75) is 52.1 Å². The molecule has 9 nitrogen and oxygen atoms in total. The molecule has 0 unspecified atom stereocenters. The number of phenols is 1. The molecule has 0 spiro atoms. The van der Waals surface area contributed by atoms with E-state index in [0.29, 0.717) is 16.8 Å². The highest BCUT2D eigenvalue weighted by Crippen LogP contribution is 2.57. The van der Waals surface area contributed by atoms with Gasteiger partial charge in [0.1, 0.15) is 22.8 Å². The summed E-state index contributed by atoms with van der Waals surface area (Å²) in [5, 5.41) is 44.2. The first-order valence-corrected chi connectivity index (χ1v) is 10.8. The van der Waals surface area contributed by atoms with Crippen molar-refractivity contribution >= 4 is 23.2 Å². The highest BCUT2D eigenvalue weighted by atomic mass is 16.3. The Bertz CT molecular complexity index is 1210. The van der Waals surface area contributed by atoms with Crippen LogP contribution in [0.25, 0.3) is 0 Å². The van der Waals surface area contributed by atoms with Crippen LogP contribution >= 0.6 is 0 Å². The number of ketones is 2. The lowest BCUT2D eigenvalue weighted by Gasteiger charge is -2.52. The van der Waals surface area contributed by atoms with Gasteiger partial charge in [-0.3, -0.25) is 14.4 Å². The van der Waals surface area contributed by atoms with Crippen LogP contribution in [0.15, 0.2) is 28.7 Å². The second-order valence-corrected chi connectivity index (χ2v) is 10.1. The van der Waals surface area contributed by atoms with E-state index in [2.05, 4.69) is 0 Å². The number of fused-ring (bicyclic) bond motifs is 3. The molecule has 176 valence electrons. The summed E-state index contributed by atoms with van der Waals surface area (Å²) in [5.41, 5.74) is 7.75. The maximum atomic E-state index is 13.6. The van der Waals surface area contributed by atoms with Crippen LogP contribution in [0, 0.1) is 17.3 Å². The van der Waals surface area contributed by atoms with E-state index in [9.17, 15) is 34.8 Å². The number of carbonyl (C=O) groups is 3. The molecule has 0 aliphatic heterocycles. The number of allylic oxidation sites excluding steroid dienone is 2. The average molecular weight is 456 g/mol. The SMILES string of the molecule is CC(C)c1cc(N)c2c(c1O)C(=O)C1=C(O)[C@]3(O)C(=O)C(C(N)=O)=C(O)C(C)(C)[C@@H]3C[C@@H]1C2. The van der Waals surface area contributed by atoms with Crippen molar-refractivity contribution in [2.75, 3.05) is 5.73 Å². The Labute approximate surface area is 190 Å². The molecule has 0 fully saturated rings. The first kappa shape index (κ1) is 22.8. The minimum atomic E-state index is -2.63. The molecule has 9 heteroatoms. The van der Waals surface area contributed by atoms with E-state index in [-0.39, 0.29) is 35.6 Å². The van der Waals surface area contributed by atoms with E-state index < -0.39 is 57.4 Å². The van der Waals surface area contributed by atoms with Crippen LogP contribution in [0.2, 0.25) is 0 Å². The molecule has 0 bridgehead atoms. The van der Waals surface area contributed by atoms with E-state index in [1.807, 2.05) is 13.8 Å². The van der Waals surface area contributed by atoms with Gasteiger partial charge in [0.05, 0.1) is 5.56 Å². The van der Waals surface area contributed by atoms with Crippen molar-refractivity contribution in [3.8, 4) is 5.75 Å². The molecule has 0 saturated carbocycles. The number of anilines is 1. The van der Waals surface area contributed by atoms with Gasteiger partial charge in [-0.1, -0.05) is 27.7 Å². The lowest BCUT2D eigenvalue weighted by atomic mass is 9.53. The van der Waals surface area contributed by atoms with Crippen LogP contribution in [0.4, 0.5) is 5.69 Å². The number of phenolic OH excluding ortho intramolecular Hbond substituents is 1. The van der Waals surface area contributed by atoms with Gasteiger partial charge < -0.3 is 31.9 Å². The van der Waals surface area contributed by atoms with Crippen LogP contribution in [-0.2, 0) is 16.0 Å². The third kappa shape index (κ3) is 2.71. The molecule has 0 heterocycles. The Morgan fingerprint density at radius 1 is 1.15 bits per heavy atom. The van der Waals surface area contributed by atoms with Gasteiger partial charge in [-0.05, 0) is 41.9 Å². The van der Waals surface area contributed by atoms with Crippen LogP contribution in [0.5, 0.6) is 5.75 Å². The van der Waals surface area contributed by atoms with Gasteiger partial charge in [-0.25, -0.2) is 0 Å². The lowest BCUT2D eigenvalue weighted by molar-refractivity contribution is -0.153. The minimum absolute atomic E-state index is 0.0437. The molecular formula is C24H28N2O7. The first-order chi connectivity index (χ1) is 15.2. The zero-order valence-corrected chi connectivity index (χ0v) is 18.9. The quantitative estimate of drug-likeness (QED) is 0.221. The Hall–Kier alpha value is -3.33. The molecule has 3 aliphatic rings. The number of hydrogen-bond donors (Lipinski definition) is 6. The van der Waals surface area contributed by atoms with E-state index in [4.69, 9.17) is 11.5 Å². The number of benzene rings is 1. The molecule has 33 heavy (non-hydrogen) atoms. The molecule has 8 N–H and O–H groups in total. The Kier molecular flexibility index (Phi) is 4.73. The maximum Gasteiger partial charge on any atom is 0.255 e. The van der Waals surface area contributed by atoms with Gasteiger partial charge in [0.25, 0.3) is 5.91 Å². The zero-order valence-electron chi connectivity index (χ0n) is 18.9. The molecule has 3 aliphatic carbocycles. The summed E-state index contributed by atoms with van der Waals surface area (Å²) >= 11 is 0. The number of nitrogens with two attached hydrogens (primary N) is 2. The molecular weight excluding hydrogens is 428 g/mol. The molecule has 0 aromatic heterocycles. The number of nitrogen functional groups attached to an aromatic ring is 1. The van der Waals surface area contributed by atoms with Gasteiger partial charge in [-0.15, -0.1) is 0 Å². The molecule has 1 aromatic rings. The van der Waals surface area contributed by atoms with Crippen LogP contribution < -0.4 is 11.5 Å². The second kappa shape index (κ2) is 6.84. The fourth-order valence-corrected chi connectivity index (χ4v) is 5.75.